The third kappa shape index (κ3) is 2.36. The zero-order valence-electron chi connectivity index (χ0n) is 9.11. The number of nitrogens with one attached hydrogen (secondary N) is 3. The molecular weight excluding hydrogens is 222 g/mol. The third-order valence-electron chi connectivity index (χ3n) is 2.22. The van der Waals surface area contributed by atoms with Gasteiger partial charge in [-0.05, 0) is 12.1 Å². The van der Waals surface area contributed by atoms with Gasteiger partial charge in [-0.15, -0.1) is 0 Å². The molecule has 1 amide bonds. The van der Waals surface area contributed by atoms with Crippen LogP contribution < -0.4 is 16.2 Å². The Balaban J connectivity index is 2.27. The van der Waals surface area contributed by atoms with Crippen molar-refractivity contribution in [3.05, 3.63) is 36.0 Å². The van der Waals surface area contributed by atoms with Gasteiger partial charge < -0.3 is 10.1 Å². The zero-order valence-corrected chi connectivity index (χ0v) is 9.11. The van der Waals surface area contributed by atoms with E-state index in [0.29, 0.717) is 11.4 Å². The Kier molecular flexibility index (Phi) is 2.95. The lowest BCUT2D eigenvalue weighted by molar-refractivity contribution is -0.135. The Labute approximate surface area is 97.6 Å². The van der Waals surface area contributed by atoms with Crippen LogP contribution in [0.5, 0.6) is 0 Å². The normalized spacial score (nSPS) is 16.1. The summed E-state index contributed by atoms with van der Waals surface area (Å²) in [5.41, 5.74) is 6.92. The number of esters is 1. The number of methoxy groups -OCH3 is 1. The van der Waals surface area contributed by atoms with Gasteiger partial charge in [0, 0.05) is 0 Å². The van der Waals surface area contributed by atoms with Crippen LogP contribution in [0.4, 0.5) is 11.4 Å². The molecule has 0 aromatic heterocycles. The van der Waals surface area contributed by atoms with E-state index in [1.165, 1.54) is 7.11 Å². The lowest BCUT2D eigenvalue weighted by Crippen LogP contribution is -2.27. The molecule has 1 aromatic rings. The van der Waals surface area contributed by atoms with Crippen LogP contribution in [0, 0.1) is 0 Å². The largest absolute Gasteiger partial charge is 0.466 e. The number of hydrogen-bond acceptors (Lipinski definition) is 5. The predicted octanol–water partition coefficient (Wildman–Crippen LogP) is 0.612. The first-order valence-electron chi connectivity index (χ1n) is 4.93. The van der Waals surface area contributed by atoms with Crippen molar-refractivity contribution in [1.29, 1.82) is 0 Å². The second kappa shape index (κ2) is 4.56. The summed E-state index contributed by atoms with van der Waals surface area (Å²) >= 11 is 0. The molecule has 1 aliphatic heterocycles. The average molecular weight is 233 g/mol. The first kappa shape index (κ1) is 11.0. The van der Waals surface area contributed by atoms with Crippen molar-refractivity contribution in [2.45, 2.75) is 0 Å². The molecule has 0 aliphatic carbocycles. The van der Waals surface area contributed by atoms with Gasteiger partial charge in [0.05, 0.1) is 24.6 Å². The number of anilines is 2. The maximum absolute atomic E-state index is 11.7. The first-order valence-corrected chi connectivity index (χ1v) is 4.93. The van der Waals surface area contributed by atoms with Crippen LogP contribution in [-0.2, 0) is 14.3 Å². The van der Waals surface area contributed by atoms with E-state index in [4.69, 9.17) is 0 Å². The van der Waals surface area contributed by atoms with Crippen molar-refractivity contribution in [3.8, 4) is 0 Å². The molecule has 0 unspecified atom stereocenters. The van der Waals surface area contributed by atoms with Crippen molar-refractivity contribution >= 4 is 23.3 Å². The topological polar surface area (TPSA) is 79.5 Å². The van der Waals surface area contributed by atoms with Gasteiger partial charge in [-0.2, -0.15) is 0 Å². The van der Waals surface area contributed by atoms with Crippen molar-refractivity contribution in [1.82, 2.24) is 5.43 Å². The molecular formula is C11H11N3O3. The van der Waals surface area contributed by atoms with Gasteiger partial charge in [0.15, 0.2) is 0 Å². The van der Waals surface area contributed by atoms with E-state index in [-0.39, 0.29) is 5.70 Å². The fourth-order valence-corrected chi connectivity index (χ4v) is 1.36. The van der Waals surface area contributed by atoms with Gasteiger partial charge >= 0.3 is 5.97 Å². The Morgan fingerprint density at radius 3 is 2.65 bits per heavy atom. The highest BCUT2D eigenvalue weighted by Gasteiger charge is 2.17. The van der Waals surface area contributed by atoms with Crippen LogP contribution in [0.1, 0.15) is 0 Å². The summed E-state index contributed by atoms with van der Waals surface area (Å²) in [5.74, 6) is -1.01. The van der Waals surface area contributed by atoms with Crippen molar-refractivity contribution in [2.75, 3.05) is 17.9 Å². The van der Waals surface area contributed by atoms with Crippen LogP contribution >= 0.6 is 0 Å². The molecule has 0 bridgehead atoms. The molecule has 3 N–H and O–H groups in total. The maximum Gasteiger partial charge on any atom is 0.332 e. The van der Waals surface area contributed by atoms with Crippen LogP contribution in [0.15, 0.2) is 36.0 Å². The smallest absolute Gasteiger partial charge is 0.332 e. The summed E-state index contributed by atoms with van der Waals surface area (Å²) in [6, 6.07) is 7.18. The molecule has 2 rings (SSSR count). The monoisotopic (exact) mass is 233 g/mol. The molecule has 88 valence electrons. The first-order chi connectivity index (χ1) is 8.20. The van der Waals surface area contributed by atoms with Gasteiger partial charge in [-0.25, -0.2) is 4.79 Å². The van der Waals surface area contributed by atoms with Gasteiger partial charge in [0.25, 0.3) is 5.91 Å². The molecule has 0 fully saturated rings. The minimum Gasteiger partial charge on any atom is -0.466 e. The van der Waals surface area contributed by atoms with E-state index in [0.717, 1.165) is 6.08 Å². The number of carbonyl (C=O) groups excluding carboxylic acids is 2. The van der Waals surface area contributed by atoms with E-state index < -0.39 is 11.9 Å². The molecule has 1 aliphatic rings. The number of hydrazine groups is 1. The average Bonchev–Trinajstić information content (AvgIpc) is 2.49. The van der Waals surface area contributed by atoms with Gasteiger partial charge in [-0.3, -0.25) is 15.6 Å². The summed E-state index contributed by atoms with van der Waals surface area (Å²) in [6.07, 6.45) is 1.08. The molecule has 0 radical (unpaired) electrons. The predicted molar refractivity (Wildman–Crippen MR) is 61.9 cm³/mol. The van der Waals surface area contributed by atoms with E-state index >= 15 is 0 Å². The summed E-state index contributed by atoms with van der Waals surface area (Å²) in [7, 11) is 1.25. The Morgan fingerprint density at radius 1 is 1.24 bits per heavy atom. The highest BCUT2D eigenvalue weighted by atomic mass is 16.5. The number of para-hydroxylation sites is 2. The second-order valence-electron chi connectivity index (χ2n) is 3.33. The van der Waals surface area contributed by atoms with E-state index in [1.807, 2.05) is 6.07 Å². The number of amides is 1. The quantitative estimate of drug-likeness (QED) is 0.489. The molecule has 0 saturated heterocycles. The Hall–Kier alpha value is -2.50. The fraction of sp³-hybridized carbons (Fsp3) is 0.0909. The molecule has 0 atom stereocenters. The highest BCUT2D eigenvalue weighted by molar-refractivity contribution is 6.08. The van der Waals surface area contributed by atoms with Crippen molar-refractivity contribution in [3.63, 3.8) is 0 Å². The Bertz CT molecular complexity index is 496. The maximum atomic E-state index is 11.7. The SMILES string of the molecule is COC(=O)/C=C1/NNc2ccccc2NC1=O. The number of fused-ring (bicyclic) bond motifs is 1. The molecule has 0 spiro atoms. The molecule has 6 heteroatoms. The van der Waals surface area contributed by atoms with Gasteiger partial charge in [0.1, 0.15) is 5.70 Å². The van der Waals surface area contributed by atoms with Crippen LogP contribution in [0.2, 0.25) is 0 Å². The van der Waals surface area contributed by atoms with E-state index in [2.05, 4.69) is 20.9 Å². The Morgan fingerprint density at radius 2 is 1.94 bits per heavy atom. The molecule has 6 nitrogen and oxygen atoms in total. The highest BCUT2D eigenvalue weighted by Crippen LogP contribution is 2.22. The number of benzene rings is 1. The van der Waals surface area contributed by atoms with Crippen LogP contribution in [-0.4, -0.2) is 19.0 Å². The lowest BCUT2D eigenvalue weighted by atomic mass is 10.2. The zero-order chi connectivity index (χ0) is 12.3. The summed E-state index contributed by atoms with van der Waals surface area (Å²) < 4.78 is 4.46. The summed E-state index contributed by atoms with van der Waals surface area (Å²) in [4.78, 5) is 22.8. The van der Waals surface area contributed by atoms with Crippen LogP contribution in [0.3, 0.4) is 0 Å². The van der Waals surface area contributed by atoms with Crippen molar-refractivity contribution < 1.29 is 14.3 Å². The van der Waals surface area contributed by atoms with Crippen LogP contribution in [0.25, 0.3) is 0 Å². The molecule has 0 saturated carbocycles. The third-order valence-corrected chi connectivity index (χ3v) is 2.22. The number of rotatable bonds is 1. The standard InChI is InChI=1S/C11H11N3O3/c1-17-10(15)6-9-11(16)12-7-4-2-3-5-8(7)13-14-9/h2-6,13-14H,1H3,(H,12,16)/b9-6+. The van der Waals surface area contributed by atoms with Crippen molar-refractivity contribution in [2.24, 2.45) is 0 Å². The molecule has 1 heterocycles. The summed E-state index contributed by atoms with van der Waals surface area (Å²) in [6.45, 7) is 0. The number of ether oxygens (including phenoxy) is 1. The molecule has 17 heavy (non-hydrogen) atoms. The van der Waals surface area contributed by atoms with Gasteiger partial charge in [0.2, 0.25) is 0 Å². The van der Waals surface area contributed by atoms with E-state index in [9.17, 15) is 9.59 Å². The minimum absolute atomic E-state index is 0.0908. The number of carbonyl (C=O) groups is 2. The molecule has 1 aromatic carbocycles. The van der Waals surface area contributed by atoms with Gasteiger partial charge in [-0.1, -0.05) is 12.1 Å². The lowest BCUT2D eigenvalue weighted by Gasteiger charge is -2.06. The van der Waals surface area contributed by atoms with E-state index in [1.54, 1.807) is 18.2 Å². The fourth-order valence-electron chi connectivity index (χ4n) is 1.36. The number of hydrogen-bond donors (Lipinski definition) is 3. The minimum atomic E-state index is -0.601. The second-order valence-corrected chi connectivity index (χ2v) is 3.33. The summed E-state index contributed by atoms with van der Waals surface area (Å²) in [5, 5.41) is 2.66.